The molecule has 3 heteroatoms. The van der Waals surface area contributed by atoms with Crippen LogP contribution in [-0.2, 0) is 0 Å². The van der Waals surface area contributed by atoms with E-state index in [4.69, 9.17) is 5.73 Å². The number of fused-ring (bicyclic) bond motifs is 1. The van der Waals surface area contributed by atoms with Gasteiger partial charge in [0, 0.05) is 24.2 Å². The highest BCUT2D eigenvalue weighted by molar-refractivity contribution is 5.97. The number of hydrogen-bond donors (Lipinski definition) is 1. The van der Waals surface area contributed by atoms with Gasteiger partial charge in [-0.05, 0) is 43.5 Å². The Morgan fingerprint density at radius 3 is 2.89 bits per heavy atom. The predicted molar refractivity (Wildman–Crippen MR) is 81.4 cm³/mol. The molecule has 0 unspecified atom stereocenters. The molecule has 0 saturated heterocycles. The number of hydrogen-bond acceptors (Lipinski definition) is 3. The second-order valence-electron chi connectivity index (χ2n) is 5.35. The van der Waals surface area contributed by atoms with Crippen LogP contribution < -0.4 is 10.6 Å². The van der Waals surface area contributed by atoms with Crippen molar-refractivity contribution in [3.8, 4) is 0 Å². The monoisotopic (exact) mass is 255 g/mol. The molecule has 100 valence electrons. The fraction of sp³-hybridized carbons (Fsp3) is 0.438. The summed E-state index contributed by atoms with van der Waals surface area (Å²) in [5.74, 6) is 0. The Balaban J connectivity index is 2.00. The fourth-order valence-electron chi connectivity index (χ4n) is 2.63. The van der Waals surface area contributed by atoms with E-state index in [0.29, 0.717) is 6.04 Å². The van der Waals surface area contributed by atoms with E-state index in [0.717, 1.165) is 23.1 Å². The quantitative estimate of drug-likeness (QED) is 0.830. The van der Waals surface area contributed by atoms with Gasteiger partial charge in [-0.25, -0.2) is 0 Å². The number of pyridine rings is 1. The predicted octanol–water partition coefficient (Wildman–Crippen LogP) is 3.59. The number of nitrogen functional groups attached to an aromatic ring is 1. The Labute approximate surface area is 114 Å². The van der Waals surface area contributed by atoms with Crippen molar-refractivity contribution in [2.45, 2.75) is 38.6 Å². The van der Waals surface area contributed by atoms with Crippen LogP contribution in [0.2, 0.25) is 0 Å². The van der Waals surface area contributed by atoms with Crippen molar-refractivity contribution in [2.24, 2.45) is 0 Å². The molecule has 0 aliphatic heterocycles. The maximum absolute atomic E-state index is 6.38. The summed E-state index contributed by atoms with van der Waals surface area (Å²) in [5, 5.41) is 1.07. The van der Waals surface area contributed by atoms with Crippen LogP contribution >= 0.6 is 0 Å². The first-order valence-electron chi connectivity index (χ1n) is 7.21. The zero-order valence-electron chi connectivity index (χ0n) is 11.5. The lowest BCUT2D eigenvalue weighted by atomic mass is 10.1. The van der Waals surface area contributed by atoms with E-state index < -0.39 is 0 Å². The minimum atomic E-state index is 0.697. The molecule has 19 heavy (non-hydrogen) atoms. The highest BCUT2D eigenvalue weighted by Gasteiger charge is 2.30. The van der Waals surface area contributed by atoms with Crippen molar-refractivity contribution in [1.82, 2.24) is 4.98 Å². The van der Waals surface area contributed by atoms with Gasteiger partial charge < -0.3 is 10.6 Å². The van der Waals surface area contributed by atoms with Crippen LogP contribution in [0, 0.1) is 0 Å². The van der Waals surface area contributed by atoms with Crippen LogP contribution in [0.4, 0.5) is 11.4 Å². The van der Waals surface area contributed by atoms with Crippen LogP contribution in [0.5, 0.6) is 0 Å². The Hall–Kier alpha value is -1.77. The highest BCUT2D eigenvalue weighted by atomic mass is 15.2. The summed E-state index contributed by atoms with van der Waals surface area (Å²) >= 11 is 0. The van der Waals surface area contributed by atoms with Crippen molar-refractivity contribution >= 4 is 22.3 Å². The fourth-order valence-corrected chi connectivity index (χ4v) is 2.63. The van der Waals surface area contributed by atoms with Gasteiger partial charge in [-0.3, -0.25) is 4.98 Å². The van der Waals surface area contributed by atoms with Crippen molar-refractivity contribution in [2.75, 3.05) is 17.2 Å². The van der Waals surface area contributed by atoms with E-state index >= 15 is 0 Å². The molecule has 0 atom stereocenters. The molecule has 3 rings (SSSR count). The third-order valence-corrected chi connectivity index (χ3v) is 3.85. The first-order valence-corrected chi connectivity index (χ1v) is 7.21. The van der Waals surface area contributed by atoms with E-state index in [9.17, 15) is 0 Å². The molecule has 1 aliphatic carbocycles. The molecule has 0 spiro atoms. The van der Waals surface area contributed by atoms with Crippen molar-refractivity contribution in [1.29, 1.82) is 0 Å². The van der Waals surface area contributed by atoms with Crippen LogP contribution in [0.25, 0.3) is 10.9 Å². The Morgan fingerprint density at radius 1 is 1.32 bits per heavy atom. The summed E-state index contributed by atoms with van der Waals surface area (Å²) in [6.07, 6.45) is 6.86. The number of anilines is 2. The summed E-state index contributed by atoms with van der Waals surface area (Å²) < 4.78 is 0. The van der Waals surface area contributed by atoms with Gasteiger partial charge in [-0.15, -0.1) is 0 Å². The average molecular weight is 255 g/mol. The normalized spacial score (nSPS) is 14.8. The maximum Gasteiger partial charge on any atom is 0.0724 e. The molecule has 1 fully saturated rings. The molecule has 1 heterocycles. The lowest BCUT2D eigenvalue weighted by Crippen LogP contribution is -2.27. The molecule has 1 aromatic carbocycles. The van der Waals surface area contributed by atoms with E-state index in [1.807, 2.05) is 12.3 Å². The zero-order valence-corrected chi connectivity index (χ0v) is 11.5. The van der Waals surface area contributed by atoms with Gasteiger partial charge >= 0.3 is 0 Å². The van der Waals surface area contributed by atoms with Gasteiger partial charge in [-0.2, -0.15) is 0 Å². The van der Waals surface area contributed by atoms with Crippen LogP contribution in [-0.4, -0.2) is 17.6 Å². The second-order valence-corrected chi connectivity index (χ2v) is 5.35. The molecular formula is C16H21N3. The van der Waals surface area contributed by atoms with Gasteiger partial charge in [0.25, 0.3) is 0 Å². The molecular weight excluding hydrogens is 234 g/mol. The molecule has 0 amide bonds. The van der Waals surface area contributed by atoms with Crippen molar-refractivity contribution in [3.63, 3.8) is 0 Å². The topological polar surface area (TPSA) is 42.2 Å². The molecule has 1 aliphatic rings. The lowest BCUT2D eigenvalue weighted by molar-refractivity contribution is 0.714. The van der Waals surface area contributed by atoms with Crippen LogP contribution in [0.1, 0.15) is 32.6 Å². The SMILES string of the molecule is CCCCN(c1ccc2ncccc2c1N)C1CC1. The summed E-state index contributed by atoms with van der Waals surface area (Å²) in [6.45, 7) is 3.34. The molecule has 1 aromatic heterocycles. The number of aromatic nitrogens is 1. The molecule has 2 aromatic rings. The standard InChI is InChI=1S/C16H21N3/c1-2-3-11-19(12-6-7-12)15-9-8-14-13(16(15)17)5-4-10-18-14/h4-5,8-10,12H,2-3,6-7,11,17H2,1H3. The number of nitrogens with two attached hydrogens (primary N) is 1. The summed E-state index contributed by atoms with van der Waals surface area (Å²) in [4.78, 5) is 6.86. The van der Waals surface area contributed by atoms with Crippen molar-refractivity contribution in [3.05, 3.63) is 30.5 Å². The molecule has 3 nitrogen and oxygen atoms in total. The third kappa shape index (κ3) is 2.37. The number of nitrogens with zero attached hydrogens (tertiary/aromatic N) is 2. The Bertz CT molecular complexity index is 575. The number of rotatable bonds is 5. The van der Waals surface area contributed by atoms with Gasteiger partial charge in [0.2, 0.25) is 0 Å². The minimum absolute atomic E-state index is 0.697. The number of unbranched alkanes of at least 4 members (excludes halogenated alkanes) is 1. The largest absolute Gasteiger partial charge is 0.396 e. The van der Waals surface area contributed by atoms with E-state index in [1.165, 1.54) is 31.4 Å². The summed E-state index contributed by atoms with van der Waals surface area (Å²) in [6, 6.07) is 8.94. The Kier molecular flexibility index (Phi) is 3.28. The summed E-state index contributed by atoms with van der Waals surface area (Å²) in [7, 11) is 0. The van der Waals surface area contributed by atoms with Gasteiger partial charge in [0.05, 0.1) is 16.9 Å². The number of benzene rings is 1. The van der Waals surface area contributed by atoms with E-state index in [2.05, 4.69) is 35.0 Å². The van der Waals surface area contributed by atoms with Gasteiger partial charge in [0.15, 0.2) is 0 Å². The average Bonchev–Trinajstić information content (AvgIpc) is 3.26. The smallest absolute Gasteiger partial charge is 0.0724 e. The Morgan fingerprint density at radius 2 is 2.16 bits per heavy atom. The highest BCUT2D eigenvalue weighted by Crippen LogP contribution is 2.37. The minimum Gasteiger partial charge on any atom is -0.396 e. The van der Waals surface area contributed by atoms with Gasteiger partial charge in [-0.1, -0.05) is 13.3 Å². The van der Waals surface area contributed by atoms with Crippen LogP contribution in [0.3, 0.4) is 0 Å². The van der Waals surface area contributed by atoms with Gasteiger partial charge in [0.1, 0.15) is 0 Å². The van der Waals surface area contributed by atoms with Crippen LogP contribution in [0.15, 0.2) is 30.5 Å². The molecule has 1 saturated carbocycles. The molecule has 0 bridgehead atoms. The van der Waals surface area contributed by atoms with E-state index in [-0.39, 0.29) is 0 Å². The lowest BCUT2D eigenvalue weighted by Gasteiger charge is -2.26. The first-order chi connectivity index (χ1) is 9.31. The first kappa shape index (κ1) is 12.3. The maximum atomic E-state index is 6.38. The second kappa shape index (κ2) is 5.08. The third-order valence-electron chi connectivity index (χ3n) is 3.85. The molecule has 0 radical (unpaired) electrons. The van der Waals surface area contributed by atoms with E-state index in [1.54, 1.807) is 0 Å². The molecule has 2 N–H and O–H groups in total. The summed E-state index contributed by atoms with van der Waals surface area (Å²) in [5.41, 5.74) is 9.43. The van der Waals surface area contributed by atoms with Crippen molar-refractivity contribution < 1.29 is 0 Å². The zero-order chi connectivity index (χ0) is 13.2.